The molecule has 1 atom stereocenters. The number of benzene rings is 1. The molecule has 0 aliphatic heterocycles. The van der Waals surface area contributed by atoms with Crippen molar-refractivity contribution < 1.29 is 13.2 Å². The van der Waals surface area contributed by atoms with Crippen molar-refractivity contribution in [2.45, 2.75) is 25.7 Å². The van der Waals surface area contributed by atoms with Crippen LogP contribution in [-0.2, 0) is 14.8 Å². The Bertz CT molecular complexity index is 648. The molecule has 0 saturated heterocycles. The number of rotatable bonds is 8. The van der Waals surface area contributed by atoms with Gasteiger partial charge in [-0.1, -0.05) is 20.8 Å². The van der Waals surface area contributed by atoms with Gasteiger partial charge in [0, 0.05) is 32.6 Å². The average Bonchev–Trinajstić information content (AvgIpc) is 2.54. The minimum atomic E-state index is -3.58. The van der Waals surface area contributed by atoms with Crippen molar-refractivity contribution in [1.29, 1.82) is 0 Å². The molecule has 0 aliphatic rings. The van der Waals surface area contributed by atoms with Crippen LogP contribution in [0.1, 0.15) is 20.8 Å². The molecule has 24 heavy (non-hydrogen) atoms. The third-order valence-corrected chi connectivity index (χ3v) is 5.71. The smallest absolute Gasteiger partial charge is 0.243 e. The summed E-state index contributed by atoms with van der Waals surface area (Å²) in [6.07, 6.45) is 0. The molecule has 0 spiro atoms. The zero-order valence-electron chi connectivity index (χ0n) is 14.5. The summed E-state index contributed by atoms with van der Waals surface area (Å²) in [7, 11) is -1.88. The second-order valence-corrected chi connectivity index (χ2v) is 7.11. The monoisotopic (exact) mass is 378 g/mol. The quantitative estimate of drug-likeness (QED) is 0.638. The summed E-state index contributed by atoms with van der Waals surface area (Å²) in [5, 5.41) is 5.67. The zero-order chi connectivity index (χ0) is 17.6. The van der Waals surface area contributed by atoms with E-state index in [4.69, 9.17) is 5.73 Å². The number of amides is 1. The van der Waals surface area contributed by atoms with Crippen LogP contribution in [-0.4, -0.2) is 45.3 Å². The molecule has 0 aliphatic carbocycles. The number of hydrogen-bond donors (Lipinski definition) is 3. The van der Waals surface area contributed by atoms with Crippen molar-refractivity contribution in [3.63, 3.8) is 0 Å². The van der Waals surface area contributed by atoms with Gasteiger partial charge in [0.1, 0.15) is 0 Å². The van der Waals surface area contributed by atoms with Gasteiger partial charge in [-0.25, -0.2) is 8.42 Å². The van der Waals surface area contributed by atoms with E-state index >= 15 is 0 Å². The zero-order valence-corrected chi connectivity index (χ0v) is 16.1. The van der Waals surface area contributed by atoms with Gasteiger partial charge in [0.05, 0.1) is 16.3 Å². The van der Waals surface area contributed by atoms with Crippen LogP contribution in [0.15, 0.2) is 23.1 Å². The number of carbonyl (C=O) groups excluding carboxylic acids is 1. The second-order valence-electron chi connectivity index (χ2n) is 5.17. The molecular formula is C15H27ClN4O3S. The van der Waals surface area contributed by atoms with E-state index in [0.717, 1.165) is 0 Å². The standard InChI is InChI=1S/C15H26N4O3S.ClH/c1-5-19(6-2)23(21,22)12-7-8-13(17-4)14(9-12)18-15(20)11(3)10-16;/h7-9,11,17H,5-6,10,16H2,1-4H3,(H,18,20);1H. The first-order valence-corrected chi connectivity index (χ1v) is 9.08. The minimum Gasteiger partial charge on any atom is -0.386 e. The summed E-state index contributed by atoms with van der Waals surface area (Å²) < 4.78 is 26.6. The van der Waals surface area contributed by atoms with E-state index < -0.39 is 10.0 Å². The summed E-state index contributed by atoms with van der Waals surface area (Å²) in [6, 6.07) is 4.64. The van der Waals surface area contributed by atoms with Gasteiger partial charge in [-0.05, 0) is 18.2 Å². The Morgan fingerprint density at radius 1 is 1.25 bits per heavy atom. The fraction of sp³-hybridized carbons (Fsp3) is 0.533. The molecular weight excluding hydrogens is 352 g/mol. The fourth-order valence-corrected chi connectivity index (χ4v) is 3.57. The molecule has 0 aromatic heterocycles. The van der Waals surface area contributed by atoms with Crippen molar-refractivity contribution in [3.8, 4) is 0 Å². The van der Waals surface area contributed by atoms with Crippen LogP contribution in [0.25, 0.3) is 0 Å². The maximum absolute atomic E-state index is 12.6. The van der Waals surface area contributed by atoms with Crippen LogP contribution in [0.3, 0.4) is 0 Å². The highest BCUT2D eigenvalue weighted by Crippen LogP contribution is 2.27. The predicted molar refractivity (Wildman–Crippen MR) is 100 cm³/mol. The first-order chi connectivity index (χ1) is 10.8. The third kappa shape index (κ3) is 5.07. The Kier molecular flexibility index (Phi) is 9.27. The molecule has 9 heteroatoms. The SMILES string of the molecule is CCN(CC)S(=O)(=O)c1ccc(NC)c(NC(=O)C(C)CN)c1.Cl. The summed E-state index contributed by atoms with van der Waals surface area (Å²) >= 11 is 0. The third-order valence-electron chi connectivity index (χ3n) is 3.66. The van der Waals surface area contributed by atoms with Crippen molar-refractivity contribution >= 4 is 39.7 Å². The summed E-state index contributed by atoms with van der Waals surface area (Å²) in [5.41, 5.74) is 6.56. The summed E-state index contributed by atoms with van der Waals surface area (Å²) in [5.74, 6) is -0.607. The van der Waals surface area contributed by atoms with Gasteiger partial charge in [0.25, 0.3) is 0 Å². The lowest BCUT2D eigenvalue weighted by molar-refractivity contribution is -0.119. The Balaban J connectivity index is 0.00000529. The van der Waals surface area contributed by atoms with E-state index in [1.54, 1.807) is 33.9 Å². The van der Waals surface area contributed by atoms with E-state index in [1.807, 2.05) is 0 Å². The molecule has 0 heterocycles. The number of nitrogens with one attached hydrogen (secondary N) is 2. The molecule has 138 valence electrons. The van der Waals surface area contributed by atoms with Crippen LogP contribution in [0.2, 0.25) is 0 Å². The lowest BCUT2D eigenvalue weighted by Gasteiger charge is -2.20. The molecule has 0 radical (unpaired) electrons. The van der Waals surface area contributed by atoms with Gasteiger partial charge in [0.2, 0.25) is 15.9 Å². The van der Waals surface area contributed by atoms with Gasteiger partial charge in [-0.2, -0.15) is 4.31 Å². The van der Waals surface area contributed by atoms with Gasteiger partial charge in [0.15, 0.2) is 0 Å². The largest absolute Gasteiger partial charge is 0.386 e. The van der Waals surface area contributed by atoms with E-state index in [2.05, 4.69) is 10.6 Å². The number of nitrogens with zero attached hydrogens (tertiary/aromatic N) is 1. The molecule has 1 rings (SSSR count). The number of anilines is 2. The van der Waals surface area contributed by atoms with Crippen LogP contribution in [0, 0.1) is 5.92 Å². The molecule has 1 amide bonds. The Morgan fingerprint density at radius 3 is 2.29 bits per heavy atom. The van der Waals surface area contributed by atoms with Gasteiger partial charge in [-0.15, -0.1) is 12.4 Å². The fourth-order valence-electron chi connectivity index (χ4n) is 2.08. The van der Waals surface area contributed by atoms with Crippen molar-refractivity contribution in [3.05, 3.63) is 18.2 Å². The first kappa shape index (κ1) is 22.6. The molecule has 1 aromatic carbocycles. The Hall–Kier alpha value is -1.35. The molecule has 0 saturated carbocycles. The van der Waals surface area contributed by atoms with Crippen molar-refractivity contribution in [2.75, 3.05) is 37.3 Å². The molecule has 1 unspecified atom stereocenters. The van der Waals surface area contributed by atoms with Crippen LogP contribution in [0.4, 0.5) is 11.4 Å². The Labute approximate surface area is 150 Å². The number of nitrogens with two attached hydrogens (primary N) is 1. The Morgan fingerprint density at radius 2 is 1.83 bits per heavy atom. The minimum absolute atomic E-state index is 0. The molecule has 4 N–H and O–H groups in total. The highest BCUT2D eigenvalue weighted by Gasteiger charge is 2.23. The number of halogens is 1. The van der Waals surface area contributed by atoms with Crippen molar-refractivity contribution in [2.24, 2.45) is 11.7 Å². The molecule has 0 bridgehead atoms. The highest BCUT2D eigenvalue weighted by molar-refractivity contribution is 7.89. The average molecular weight is 379 g/mol. The lowest BCUT2D eigenvalue weighted by Crippen LogP contribution is -2.31. The number of sulfonamides is 1. The summed E-state index contributed by atoms with van der Waals surface area (Å²) in [6.45, 7) is 6.28. The van der Waals surface area contributed by atoms with Crippen LogP contribution < -0.4 is 16.4 Å². The van der Waals surface area contributed by atoms with Crippen molar-refractivity contribution in [1.82, 2.24) is 4.31 Å². The topological polar surface area (TPSA) is 105 Å². The normalized spacial score (nSPS) is 12.4. The molecule has 7 nitrogen and oxygen atoms in total. The van der Waals surface area contributed by atoms with E-state index in [0.29, 0.717) is 24.5 Å². The first-order valence-electron chi connectivity index (χ1n) is 7.64. The highest BCUT2D eigenvalue weighted by atomic mass is 35.5. The van der Waals surface area contributed by atoms with Crippen LogP contribution >= 0.6 is 12.4 Å². The maximum atomic E-state index is 12.6. The predicted octanol–water partition coefficient (Wildman–Crippen LogP) is 1.71. The van der Waals surface area contributed by atoms with Crippen LogP contribution in [0.5, 0.6) is 0 Å². The lowest BCUT2D eigenvalue weighted by atomic mass is 10.1. The number of carbonyl (C=O) groups is 1. The van der Waals surface area contributed by atoms with E-state index in [1.165, 1.54) is 16.4 Å². The second kappa shape index (κ2) is 9.83. The van der Waals surface area contributed by atoms with E-state index in [-0.39, 0.29) is 35.7 Å². The summed E-state index contributed by atoms with van der Waals surface area (Å²) in [4.78, 5) is 12.2. The maximum Gasteiger partial charge on any atom is 0.243 e. The molecule has 1 aromatic rings. The van der Waals surface area contributed by atoms with Gasteiger partial charge < -0.3 is 16.4 Å². The van der Waals surface area contributed by atoms with Gasteiger partial charge >= 0.3 is 0 Å². The van der Waals surface area contributed by atoms with Gasteiger partial charge in [-0.3, -0.25) is 4.79 Å². The molecule has 0 fully saturated rings. The number of hydrogen-bond acceptors (Lipinski definition) is 5. The van der Waals surface area contributed by atoms with E-state index in [9.17, 15) is 13.2 Å².